The summed E-state index contributed by atoms with van der Waals surface area (Å²) in [6.45, 7) is 2.72. The van der Waals surface area contributed by atoms with Crippen LogP contribution in [0.5, 0.6) is 5.75 Å². The number of carbonyl (C=O) groups excluding carboxylic acids is 2. The van der Waals surface area contributed by atoms with Crippen molar-refractivity contribution in [2.75, 3.05) is 20.1 Å². The Hall–Kier alpha value is -2.86. The average molecular weight is 379 g/mol. The van der Waals surface area contributed by atoms with Crippen molar-refractivity contribution >= 4 is 11.9 Å². The maximum absolute atomic E-state index is 13.0. The van der Waals surface area contributed by atoms with Crippen LogP contribution in [0, 0.1) is 0 Å². The van der Waals surface area contributed by atoms with Crippen LogP contribution in [-0.4, -0.2) is 57.4 Å². The molecule has 2 heterocycles. The van der Waals surface area contributed by atoms with Gasteiger partial charge < -0.3 is 10.0 Å². The van der Waals surface area contributed by atoms with E-state index in [1.807, 2.05) is 42.5 Å². The first-order valence-corrected chi connectivity index (χ1v) is 9.63. The largest absolute Gasteiger partial charge is 0.508 e. The van der Waals surface area contributed by atoms with E-state index >= 15 is 0 Å². The Morgan fingerprint density at radius 2 is 1.50 bits per heavy atom. The van der Waals surface area contributed by atoms with Crippen molar-refractivity contribution in [1.82, 2.24) is 14.7 Å². The number of benzene rings is 2. The van der Waals surface area contributed by atoms with Gasteiger partial charge >= 0.3 is 6.03 Å². The predicted molar refractivity (Wildman–Crippen MR) is 105 cm³/mol. The molecule has 28 heavy (non-hydrogen) atoms. The van der Waals surface area contributed by atoms with Crippen LogP contribution in [0.4, 0.5) is 4.79 Å². The summed E-state index contributed by atoms with van der Waals surface area (Å²) in [4.78, 5) is 31.1. The minimum absolute atomic E-state index is 0.0854. The highest BCUT2D eigenvalue weighted by Crippen LogP contribution is 2.38. The van der Waals surface area contributed by atoms with Gasteiger partial charge in [0.1, 0.15) is 11.3 Å². The number of hydrogen-bond donors (Lipinski definition) is 1. The standard InChI is InChI=1S/C22H25N3O3/c1-23-20(27)22(25(21(23)28)16-17-5-3-2-4-6-17)11-13-24(14-12-22)15-18-7-9-19(26)10-8-18/h2-10,26H,11-16H2,1H3. The van der Waals surface area contributed by atoms with Crippen molar-refractivity contribution < 1.29 is 14.7 Å². The number of phenols is 1. The number of carbonyl (C=O) groups is 2. The van der Waals surface area contributed by atoms with E-state index in [1.54, 1.807) is 24.1 Å². The third kappa shape index (κ3) is 3.24. The fraction of sp³-hybridized carbons (Fsp3) is 0.364. The number of amides is 3. The molecule has 2 aromatic rings. The van der Waals surface area contributed by atoms with Crippen molar-refractivity contribution in [1.29, 1.82) is 0 Å². The Morgan fingerprint density at radius 3 is 2.14 bits per heavy atom. The van der Waals surface area contributed by atoms with Gasteiger partial charge in [-0.2, -0.15) is 0 Å². The van der Waals surface area contributed by atoms with Crippen LogP contribution in [0.25, 0.3) is 0 Å². The van der Waals surface area contributed by atoms with E-state index in [1.165, 1.54) is 4.90 Å². The molecule has 2 fully saturated rings. The zero-order chi connectivity index (χ0) is 19.7. The predicted octanol–water partition coefficient (Wildman–Crippen LogP) is 2.82. The van der Waals surface area contributed by atoms with Crippen LogP contribution in [0.15, 0.2) is 54.6 Å². The second-order valence-corrected chi connectivity index (χ2v) is 7.69. The SMILES string of the molecule is CN1C(=O)N(Cc2ccccc2)C2(CCN(Cc3ccc(O)cc3)CC2)C1=O. The second-order valence-electron chi connectivity index (χ2n) is 7.69. The van der Waals surface area contributed by atoms with Crippen molar-refractivity contribution in [3.05, 3.63) is 65.7 Å². The summed E-state index contributed by atoms with van der Waals surface area (Å²) in [7, 11) is 1.58. The van der Waals surface area contributed by atoms with Crippen LogP contribution in [0.3, 0.4) is 0 Å². The lowest BCUT2D eigenvalue weighted by Gasteiger charge is -2.42. The molecule has 0 radical (unpaired) electrons. The summed E-state index contributed by atoms with van der Waals surface area (Å²) in [5, 5.41) is 9.44. The maximum Gasteiger partial charge on any atom is 0.327 e. The molecule has 2 saturated heterocycles. The summed E-state index contributed by atoms with van der Waals surface area (Å²) in [5.74, 6) is 0.175. The Bertz CT molecular complexity index is 858. The molecule has 6 heteroatoms. The van der Waals surface area contributed by atoms with Crippen molar-refractivity contribution in [3.8, 4) is 5.75 Å². The van der Waals surface area contributed by atoms with E-state index in [9.17, 15) is 14.7 Å². The van der Waals surface area contributed by atoms with Gasteiger partial charge in [0.25, 0.3) is 5.91 Å². The van der Waals surface area contributed by atoms with Crippen molar-refractivity contribution in [2.24, 2.45) is 0 Å². The molecule has 1 spiro atoms. The maximum atomic E-state index is 13.0. The normalized spacial score (nSPS) is 19.6. The molecular formula is C22H25N3O3. The molecule has 1 N–H and O–H groups in total. The molecule has 0 aromatic heterocycles. The quantitative estimate of drug-likeness (QED) is 0.830. The van der Waals surface area contributed by atoms with E-state index in [0.717, 1.165) is 30.8 Å². The molecule has 0 aliphatic carbocycles. The molecule has 146 valence electrons. The smallest absolute Gasteiger partial charge is 0.327 e. The molecule has 3 amide bonds. The number of rotatable bonds is 4. The first-order chi connectivity index (χ1) is 13.5. The van der Waals surface area contributed by atoms with E-state index < -0.39 is 5.54 Å². The molecule has 2 aliphatic rings. The lowest BCUT2D eigenvalue weighted by molar-refractivity contribution is -0.135. The van der Waals surface area contributed by atoms with Gasteiger partial charge in [0.15, 0.2) is 0 Å². The molecule has 0 unspecified atom stereocenters. The van der Waals surface area contributed by atoms with Crippen LogP contribution >= 0.6 is 0 Å². The average Bonchev–Trinajstić information content (AvgIpc) is 2.88. The number of imide groups is 1. The topological polar surface area (TPSA) is 64.1 Å². The van der Waals surface area contributed by atoms with E-state index in [-0.39, 0.29) is 17.7 Å². The van der Waals surface area contributed by atoms with Gasteiger partial charge in [0.2, 0.25) is 0 Å². The van der Waals surface area contributed by atoms with Gasteiger partial charge in [0.05, 0.1) is 0 Å². The number of hydrogen-bond acceptors (Lipinski definition) is 4. The van der Waals surface area contributed by atoms with Crippen molar-refractivity contribution in [2.45, 2.75) is 31.5 Å². The summed E-state index contributed by atoms with van der Waals surface area (Å²) in [6.07, 6.45) is 1.26. The highest BCUT2D eigenvalue weighted by Gasteiger charge is 2.56. The number of nitrogens with zero attached hydrogens (tertiary/aromatic N) is 3. The first kappa shape index (κ1) is 18.5. The van der Waals surface area contributed by atoms with Crippen LogP contribution < -0.4 is 0 Å². The Balaban J connectivity index is 1.50. The second kappa shape index (κ2) is 7.28. The third-order valence-electron chi connectivity index (χ3n) is 5.95. The Morgan fingerprint density at radius 1 is 0.893 bits per heavy atom. The number of aromatic hydroxyl groups is 1. The summed E-state index contributed by atoms with van der Waals surface area (Å²) >= 11 is 0. The first-order valence-electron chi connectivity index (χ1n) is 9.63. The van der Waals surface area contributed by atoms with Gasteiger partial charge in [-0.1, -0.05) is 42.5 Å². The summed E-state index contributed by atoms with van der Waals surface area (Å²) in [6, 6.07) is 16.8. The van der Waals surface area contributed by atoms with Gasteiger partial charge in [-0.25, -0.2) is 4.79 Å². The van der Waals surface area contributed by atoms with E-state index in [4.69, 9.17) is 0 Å². The molecule has 4 rings (SSSR count). The zero-order valence-corrected chi connectivity index (χ0v) is 16.0. The monoisotopic (exact) mass is 379 g/mol. The fourth-order valence-corrected chi connectivity index (χ4v) is 4.29. The minimum atomic E-state index is -0.743. The fourth-order valence-electron chi connectivity index (χ4n) is 4.29. The van der Waals surface area contributed by atoms with E-state index in [2.05, 4.69) is 4.90 Å². The van der Waals surface area contributed by atoms with Gasteiger partial charge in [-0.15, -0.1) is 0 Å². The zero-order valence-electron chi connectivity index (χ0n) is 16.0. The number of piperidine rings is 1. The molecule has 2 aliphatic heterocycles. The molecule has 6 nitrogen and oxygen atoms in total. The Labute approximate surface area is 165 Å². The number of likely N-dealkylation sites (tertiary alicyclic amines) is 1. The van der Waals surface area contributed by atoms with Crippen LogP contribution in [0.2, 0.25) is 0 Å². The van der Waals surface area contributed by atoms with Gasteiger partial charge in [-0.05, 0) is 36.1 Å². The highest BCUT2D eigenvalue weighted by molar-refractivity contribution is 6.06. The number of likely N-dealkylation sites (N-methyl/N-ethyl adjacent to an activating group) is 1. The van der Waals surface area contributed by atoms with Gasteiger partial charge in [0, 0.05) is 33.2 Å². The van der Waals surface area contributed by atoms with Gasteiger partial charge in [-0.3, -0.25) is 14.6 Å². The molecule has 0 bridgehead atoms. The lowest BCUT2D eigenvalue weighted by atomic mass is 9.85. The number of urea groups is 1. The summed E-state index contributed by atoms with van der Waals surface area (Å²) in [5.41, 5.74) is 1.42. The Kier molecular flexibility index (Phi) is 4.81. The highest BCUT2D eigenvalue weighted by atomic mass is 16.3. The molecule has 0 atom stereocenters. The van der Waals surface area contributed by atoms with E-state index in [0.29, 0.717) is 19.4 Å². The number of phenolic OH excluding ortho intramolecular Hbond substituents is 1. The lowest BCUT2D eigenvalue weighted by Crippen LogP contribution is -2.56. The summed E-state index contributed by atoms with van der Waals surface area (Å²) < 4.78 is 0. The van der Waals surface area contributed by atoms with Crippen LogP contribution in [0.1, 0.15) is 24.0 Å². The molecule has 2 aromatic carbocycles. The molecular weight excluding hydrogens is 354 g/mol. The molecule has 0 saturated carbocycles. The minimum Gasteiger partial charge on any atom is -0.508 e. The van der Waals surface area contributed by atoms with Crippen LogP contribution in [-0.2, 0) is 17.9 Å². The van der Waals surface area contributed by atoms with Crippen molar-refractivity contribution in [3.63, 3.8) is 0 Å². The third-order valence-corrected chi connectivity index (χ3v) is 5.95.